The zero-order chi connectivity index (χ0) is 19.6. The molecule has 0 spiro atoms. The number of aryl methyl sites for hydroxylation is 1. The number of hydrogen-bond donors (Lipinski definition) is 1. The van der Waals surface area contributed by atoms with Gasteiger partial charge in [0, 0.05) is 62.4 Å². The standard InChI is InChI=1S/C22H26N6O/c29-22-19-15-18(7-8-20(19)25-28(22)21-6-2-4-10-24-21)27-13-11-26(12-14-27)16-17-5-1-3-9-23-17/h1-6,9-10,18,25H,7-8,11-16H2. The van der Waals surface area contributed by atoms with Crippen LogP contribution in [0.5, 0.6) is 0 Å². The molecule has 3 aromatic rings. The van der Waals surface area contributed by atoms with Gasteiger partial charge in [-0.2, -0.15) is 0 Å². The fraction of sp³-hybridized carbons (Fsp3) is 0.409. The van der Waals surface area contributed by atoms with Crippen molar-refractivity contribution >= 4 is 0 Å². The van der Waals surface area contributed by atoms with Crippen LogP contribution in [0.2, 0.25) is 0 Å². The quantitative estimate of drug-likeness (QED) is 0.733. The van der Waals surface area contributed by atoms with Gasteiger partial charge in [0.2, 0.25) is 0 Å². The second-order valence-corrected chi connectivity index (χ2v) is 7.93. The number of rotatable bonds is 4. The summed E-state index contributed by atoms with van der Waals surface area (Å²) in [4.78, 5) is 26.7. The van der Waals surface area contributed by atoms with E-state index in [1.54, 1.807) is 10.9 Å². The maximum absolute atomic E-state index is 13.0. The summed E-state index contributed by atoms with van der Waals surface area (Å²) in [6, 6.07) is 12.2. The summed E-state index contributed by atoms with van der Waals surface area (Å²) in [7, 11) is 0. The number of nitrogens with one attached hydrogen (secondary N) is 1. The number of piperazine rings is 1. The molecule has 1 aliphatic heterocycles. The predicted octanol–water partition coefficient (Wildman–Crippen LogP) is 1.63. The third-order valence-electron chi connectivity index (χ3n) is 6.15. The van der Waals surface area contributed by atoms with Crippen LogP contribution in [-0.4, -0.2) is 61.8 Å². The maximum Gasteiger partial charge on any atom is 0.276 e. The van der Waals surface area contributed by atoms with Crippen molar-refractivity contribution in [2.24, 2.45) is 0 Å². The Labute approximate surface area is 170 Å². The van der Waals surface area contributed by atoms with Crippen LogP contribution in [0.25, 0.3) is 5.82 Å². The van der Waals surface area contributed by atoms with Gasteiger partial charge in [0.1, 0.15) is 0 Å². The molecule has 0 aromatic carbocycles. The Morgan fingerprint density at radius 1 is 1.00 bits per heavy atom. The predicted molar refractivity (Wildman–Crippen MR) is 111 cm³/mol. The first-order valence-electron chi connectivity index (χ1n) is 10.4. The highest BCUT2D eigenvalue weighted by Crippen LogP contribution is 2.23. The smallest absolute Gasteiger partial charge is 0.276 e. The van der Waals surface area contributed by atoms with Gasteiger partial charge < -0.3 is 0 Å². The van der Waals surface area contributed by atoms with E-state index in [0.29, 0.717) is 11.9 Å². The number of aromatic amines is 1. The Morgan fingerprint density at radius 2 is 1.79 bits per heavy atom. The van der Waals surface area contributed by atoms with Crippen LogP contribution >= 0.6 is 0 Å². The number of H-pyrrole nitrogens is 1. The minimum absolute atomic E-state index is 0.0530. The lowest BCUT2D eigenvalue weighted by molar-refractivity contribution is 0.0847. The summed E-state index contributed by atoms with van der Waals surface area (Å²) in [6.45, 7) is 5.10. The first kappa shape index (κ1) is 18.3. The molecule has 0 radical (unpaired) electrons. The second-order valence-electron chi connectivity index (χ2n) is 7.93. The van der Waals surface area contributed by atoms with Crippen LogP contribution in [0.1, 0.15) is 23.4 Å². The van der Waals surface area contributed by atoms with Crippen molar-refractivity contribution in [3.63, 3.8) is 0 Å². The van der Waals surface area contributed by atoms with Crippen molar-refractivity contribution in [1.82, 2.24) is 29.5 Å². The summed E-state index contributed by atoms with van der Waals surface area (Å²) in [6.07, 6.45) is 6.41. The van der Waals surface area contributed by atoms with Crippen molar-refractivity contribution in [3.8, 4) is 5.82 Å². The van der Waals surface area contributed by atoms with Gasteiger partial charge in [-0.1, -0.05) is 12.1 Å². The van der Waals surface area contributed by atoms with E-state index in [0.717, 1.165) is 68.9 Å². The fourth-order valence-corrected chi connectivity index (χ4v) is 4.55. The molecule has 1 N–H and O–H groups in total. The van der Waals surface area contributed by atoms with Crippen LogP contribution in [0.3, 0.4) is 0 Å². The van der Waals surface area contributed by atoms with Gasteiger partial charge in [0.25, 0.3) is 5.56 Å². The monoisotopic (exact) mass is 390 g/mol. The van der Waals surface area contributed by atoms with E-state index in [-0.39, 0.29) is 5.56 Å². The minimum Gasteiger partial charge on any atom is -0.297 e. The highest BCUT2D eigenvalue weighted by molar-refractivity contribution is 5.28. The molecule has 5 rings (SSSR count). The van der Waals surface area contributed by atoms with Crippen molar-refractivity contribution in [1.29, 1.82) is 0 Å². The number of pyridine rings is 2. The van der Waals surface area contributed by atoms with Gasteiger partial charge in [0.15, 0.2) is 5.82 Å². The molecule has 7 nitrogen and oxygen atoms in total. The minimum atomic E-state index is 0.0530. The van der Waals surface area contributed by atoms with Gasteiger partial charge in [-0.3, -0.25) is 24.7 Å². The number of nitrogens with zero attached hydrogens (tertiary/aromatic N) is 5. The Bertz CT molecular complexity index is 1000. The van der Waals surface area contributed by atoms with Crippen LogP contribution in [0, 0.1) is 0 Å². The van der Waals surface area contributed by atoms with Crippen LogP contribution in [-0.2, 0) is 19.4 Å². The first-order chi connectivity index (χ1) is 14.3. The SMILES string of the molecule is O=c1c2c([nH]n1-c1ccccn1)CCC(N1CCN(Cc3ccccn3)CC1)C2. The summed E-state index contributed by atoms with van der Waals surface area (Å²) < 4.78 is 1.60. The number of hydrogen-bond acceptors (Lipinski definition) is 5. The Kier molecular flexibility index (Phi) is 4.99. The molecule has 1 saturated heterocycles. The fourth-order valence-electron chi connectivity index (χ4n) is 4.55. The molecule has 0 amide bonds. The summed E-state index contributed by atoms with van der Waals surface area (Å²) in [5, 5.41) is 3.28. The van der Waals surface area contributed by atoms with Crippen LogP contribution in [0.15, 0.2) is 53.6 Å². The highest BCUT2D eigenvalue weighted by atomic mass is 16.1. The van der Waals surface area contributed by atoms with E-state index in [1.807, 2.05) is 36.5 Å². The van der Waals surface area contributed by atoms with E-state index in [1.165, 1.54) is 0 Å². The van der Waals surface area contributed by atoms with Gasteiger partial charge >= 0.3 is 0 Å². The molecular formula is C22H26N6O. The average molecular weight is 390 g/mol. The third kappa shape index (κ3) is 3.75. The zero-order valence-corrected chi connectivity index (χ0v) is 16.5. The lowest BCUT2D eigenvalue weighted by Crippen LogP contribution is -2.51. The molecule has 150 valence electrons. The molecular weight excluding hydrogens is 364 g/mol. The molecule has 7 heteroatoms. The van der Waals surface area contributed by atoms with E-state index < -0.39 is 0 Å². The lowest BCUT2D eigenvalue weighted by atomic mass is 9.92. The van der Waals surface area contributed by atoms with Crippen LogP contribution in [0.4, 0.5) is 0 Å². The topological polar surface area (TPSA) is 70.1 Å². The van der Waals surface area contributed by atoms with E-state index in [4.69, 9.17) is 0 Å². The van der Waals surface area contributed by atoms with Crippen molar-refractivity contribution in [2.75, 3.05) is 26.2 Å². The van der Waals surface area contributed by atoms with E-state index in [2.05, 4.69) is 30.9 Å². The highest BCUT2D eigenvalue weighted by Gasteiger charge is 2.30. The molecule has 0 bridgehead atoms. The first-order valence-corrected chi connectivity index (χ1v) is 10.4. The number of aromatic nitrogens is 4. The van der Waals surface area contributed by atoms with Crippen LogP contribution < -0.4 is 5.56 Å². The molecule has 4 heterocycles. The number of fused-ring (bicyclic) bond motifs is 1. The molecule has 3 aromatic heterocycles. The Balaban J connectivity index is 1.24. The molecule has 0 saturated carbocycles. The van der Waals surface area contributed by atoms with E-state index in [9.17, 15) is 4.79 Å². The molecule has 1 fully saturated rings. The van der Waals surface area contributed by atoms with Gasteiger partial charge in [0.05, 0.1) is 5.69 Å². The summed E-state index contributed by atoms with van der Waals surface area (Å²) >= 11 is 0. The van der Waals surface area contributed by atoms with E-state index >= 15 is 0 Å². The third-order valence-corrected chi connectivity index (χ3v) is 6.15. The lowest BCUT2D eigenvalue weighted by Gasteiger charge is -2.40. The maximum atomic E-state index is 13.0. The normalized spacial score (nSPS) is 20.5. The molecule has 1 atom stereocenters. The molecule has 1 aliphatic carbocycles. The Morgan fingerprint density at radius 3 is 2.52 bits per heavy atom. The average Bonchev–Trinajstić information content (AvgIpc) is 3.12. The van der Waals surface area contributed by atoms with Gasteiger partial charge in [-0.25, -0.2) is 9.67 Å². The molecule has 29 heavy (non-hydrogen) atoms. The summed E-state index contributed by atoms with van der Waals surface area (Å²) in [5.41, 5.74) is 3.19. The largest absolute Gasteiger partial charge is 0.297 e. The van der Waals surface area contributed by atoms with Crippen molar-refractivity contribution < 1.29 is 0 Å². The summed E-state index contributed by atoms with van der Waals surface area (Å²) in [5.74, 6) is 0.659. The van der Waals surface area contributed by atoms with Gasteiger partial charge in [-0.05, 0) is 43.5 Å². The van der Waals surface area contributed by atoms with Gasteiger partial charge in [-0.15, -0.1) is 0 Å². The zero-order valence-electron chi connectivity index (χ0n) is 16.5. The second kappa shape index (κ2) is 7.93. The van der Waals surface area contributed by atoms with Crippen molar-refractivity contribution in [2.45, 2.75) is 31.8 Å². The molecule has 1 unspecified atom stereocenters. The Hall–Kier alpha value is -2.77. The molecule has 2 aliphatic rings. The van der Waals surface area contributed by atoms with Crippen molar-refractivity contribution in [3.05, 3.63) is 76.1 Å².